The van der Waals surface area contributed by atoms with E-state index in [-0.39, 0.29) is 111 Å². The molecule has 0 fully saturated rings. The van der Waals surface area contributed by atoms with Crippen molar-refractivity contribution in [3.05, 3.63) is 0 Å². The minimum Gasteiger partial charge on any atom is -0.810 e. The largest absolute Gasteiger partial charge is 1.00 e. The fraction of sp³-hybridized carbons (Fsp3) is 1.00. The Morgan fingerprint density at radius 2 is 1.00 bits per heavy atom. The Balaban J connectivity index is -0.0000000152. The van der Waals surface area contributed by atoms with Crippen LogP contribution in [0.2, 0.25) is 0 Å². The molecule has 0 aliphatic rings. The van der Waals surface area contributed by atoms with Crippen molar-refractivity contribution in [2.45, 2.75) is 0 Å². The summed E-state index contributed by atoms with van der Waals surface area (Å²) >= 11 is 0. The molecule has 0 heterocycles. The van der Waals surface area contributed by atoms with E-state index in [9.17, 15) is 23.8 Å². The summed E-state index contributed by atoms with van der Waals surface area (Å²) < 4.78 is 19.2. The number of rotatable bonds is 2. The van der Waals surface area contributed by atoms with Crippen molar-refractivity contribution in [1.29, 1.82) is 0 Å². The standard InChI is InChI=1S/CH6O6P2.3Na.4H2O/c2-8(3,4)1-9(5,6)7;;;;;;;/h1H2,(H2,2,3,4)(H2,5,6,7);;;;4*1H2/q;3*+1;;;;/p-3. The summed E-state index contributed by atoms with van der Waals surface area (Å²) in [6.07, 6.45) is 0. The Morgan fingerprint density at radius 1 is 0.812 bits per heavy atom. The van der Waals surface area contributed by atoms with Crippen LogP contribution < -0.4 is 103 Å². The van der Waals surface area contributed by atoms with Gasteiger partial charge in [0.1, 0.15) is 7.60 Å². The molecule has 10 nitrogen and oxygen atoms in total. The van der Waals surface area contributed by atoms with Crippen LogP contribution in [0.1, 0.15) is 0 Å². The summed E-state index contributed by atoms with van der Waals surface area (Å²) in [5.74, 6) is -1.71. The second-order valence-electron chi connectivity index (χ2n) is 1.39. The van der Waals surface area contributed by atoms with Crippen LogP contribution in [0, 0.1) is 0 Å². The van der Waals surface area contributed by atoms with Gasteiger partial charge < -0.3 is 50.6 Å². The summed E-state index contributed by atoms with van der Waals surface area (Å²) in [6, 6.07) is 0. The summed E-state index contributed by atoms with van der Waals surface area (Å²) in [6.45, 7) is 0. The molecule has 0 bridgehead atoms. The molecule has 0 saturated heterocycles. The van der Waals surface area contributed by atoms with Crippen LogP contribution in [-0.4, -0.2) is 32.7 Å². The molecule has 1 unspecified atom stereocenters. The zero-order chi connectivity index (χ0) is 7.71. The van der Waals surface area contributed by atoms with Crippen molar-refractivity contribution < 1.29 is 139 Å². The van der Waals surface area contributed by atoms with Crippen LogP contribution in [0.15, 0.2) is 0 Å². The molecule has 0 spiro atoms. The van der Waals surface area contributed by atoms with Gasteiger partial charge in [-0.1, -0.05) is 7.60 Å². The Labute approximate surface area is 158 Å². The molecule has 0 radical (unpaired) electrons. The molecule has 1 atom stereocenters. The molecule has 0 aromatic heterocycles. The first-order valence-corrected chi connectivity index (χ1v) is 5.24. The van der Waals surface area contributed by atoms with Gasteiger partial charge >= 0.3 is 88.7 Å². The first-order valence-electron chi connectivity index (χ1n) is 1.75. The molecule has 88 valence electrons. The van der Waals surface area contributed by atoms with E-state index in [0.717, 1.165) is 0 Å². The molecule has 9 N–H and O–H groups in total. The van der Waals surface area contributed by atoms with Gasteiger partial charge in [0.2, 0.25) is 0 Å². The summed E-state index contributed by atoms with van der Waals surface area (Å²) in [5.41, 5.74) is 0. The molecule has 0 aliphatic carbocycles. The summed E-state index contributed by atoms with van der Waals surface area (Å²) in [5, 5.41) is 0. The van der Waals surface area contributed by atoms with E-state index in [2.05, 4.69) is 0 Å². The third-order valence-corrected chi connectivity index (χ3v) is 3.17. The fourth-order valence-electron chi connectivity index (χ4n) is 0.219. The van der Waals surface area contributed by atoms with Crippen LogP contribution in [-0.2, 0) is 9.13 Å². The van der Waals surface area contributed by atoms with Gasteiger partial charge in [0.15, 0.2) is 0 Å². The van der Waals surface area contributed by atoms with Crippen molar-refractivity contribution in [1.82, 2.24) is 0 Å². The molecular formula is CH11Na3O10P2. The Bertz CT molecular complexity index is 165. The average Bonchev–Trinajstić information content (AvgIpc) is 1.14. The Morgan fingerprint density at radius 3 is 1.00 bits per heavy atom. The van der Waals surface area contributed by atoms with Gasteiger partial charge in [-0.2, -0.15) is 0 Å². The maximum atomic E-state index is 9.66. The van der Waals surface area contributed by atoms with Gasteiger partial charge in [-0.05, 0) is 0 Å². The predicted molar refractivity (Wildman–Crippen MR) is 36.8 cm³/mol. The first kappa shape index (κ1) is 50.8. The zero-order valence-corrected chi connectivity index (χ0v) is 16.9. The molecular weight excluding hydrogens is 303 g/mol. The molecule has 15 heteroatoms. The zero-order valence-electron chi connectivity index (χ0n) is 9.09. The molecule has 0 saturated carbocycles. The Hall–Kier alpha value is 3.14. The summed E-state index contributed by atoms with van der Waals surface area (Å²) in [7, 11) is -10.0. The monoisotopic (exact) mass is 314 g/mol. The van der Waals surface area contributed by atoms with Crippen molar-refractivity contribution in [2.75, 3.05) is 5.90 Å². The van der Waals surface area contributed by atoms with E-state index in [1.54, 1.807) is 0 Å². The van der Waals surface area contributed by atoms with Crippen molar-refractivity contribution >= 4 is 15.2 Å². The Kier molecular flexibility index (Phi) is 64.9. The second-order valence-corrected chi connectivity index (χ2v) is 5.02. The fourth-order valence-corrected chi connectivity index (χ4v) is 1.97. The van der Waals surface area contributed by atoms with Crippen LogP contribution >= 0.6 is 15.2 Å². The number of hydrogen-bond donors (Lipinski definition) is 1. The van der Waals surface area contributed by atoms with Crippen molar-refractivity contribution in [3.63, 3.8) is 0 Å². The van der Waals surface area contributed by atoms with Gasteiger partial charge in [-0.3, -0.25) is 0 Å². The maximum Gasteiger partial charge on any atom is 1.00 e. The topological polar surface area (TPSA) is 250 Å². The van der Waals surface area contributed by atoms with E-state index < -0.39 is 21.1 Å². The quantitative estimate of drug-likeness (QED) is 0.382. The molecule has 0 aromatic carbocycles. The van der Waals surface area contributed by atoms with Gasteiger partial charge in [0, 0.05) is 5.90 Å². The third-order valence-electron chi connectivity index (χ3n) is 0.352. The predicted octanol–water partition coefficient (Wildman–Crippen LogP) is -14.9. The van der Waals surface area contributed by atoms with E-state index in [0.29, 0.717) is 0 Å². The summed E-state index contributed by atoms with van der Waals surface area (Å²) in [4.78, 5) is 36.6. The SMILES string of the molecule is O.O.O.O.O=P([O-])([O-])CP(=O)([O-])O.[Na+].[Na+].[Na+]. The first-order chi connectivity index (χ1) is 3.71. The van der Waals surface area contributed by atoms with Crippen molar-refractivity contribution in [2.24, 2.45) is 0 Å². The molecule has 0 aliphatic heterocycles. The van der Waals surface area contributed by atoms with Gasteiger partial charge in [0.25, 0.3) is 0 Å². The van der Waals surface area contributed by atoms with Crippen LogP contribution in [0.25, 0.3) is 0 Å². The minimum absolute atomic E-state index is 0. The third kappa shape index (κ3) is 53.4. The van der Waals surface area contributed by atoms with E-state index in [4.69, 9.17) is 4.89 Å². The van der Waals surface area contributed by atoms with Crippen LogP contribution in [0.3, 0.4) is 0 Å². The second kappa shape index (κ2) is 20.5. The van der Waals surface area contributed by atoms with Gasteiger partial charge in [-0.15, -0.1) is 0 Å². The average molecular weight is 314 g/mol. The smallest absolute Gasteiger partial charge is 0.810 e. The van der Waals surface area contributed by atoms with E-state index in [1.165, 1.54) is 0 Å². The molecule has 0 amide bonds. The van der Waals surface area contributed by atoms with Gasteiger partial charge in [0.05, 0.1) is 0 Å². The normalized spacial score (nSPS) is 10.8. The maximum absolute atomic E-state index is 9.66. The molecule has 0 aromatic rings. The van der Waals surface area contributed by atoms with Crippen LogP contribution in [0.5, 0.6) is 0 Å². The van der Waals surface area contributed by atoms with Crippen molar-refractivity contribution in [3.8, 4) is 0 Å². The molecule has 16 heavy (non-hydrogen) atoms. The van der Waals surface area contributed by atoms with Gasteiger partial charge in [-0.25, -0.2) is 0 Å². The van der Waals surface area contributed by atoms with E-state index >= 15 is 0 Å². The van der Waals surface area contributed by atoms with E-state index in [1.807, 2.05) is 0 Å². The molecule has 0 rings (SSSR count). The number of hydrogen-bond acceptors (Lipinski definition) is 5. The van der Waals surface area contributed by atoms with Crippen LogP contribution in [0.4, 0.5) is 0 Å². The minimum atomic E-state index is -5.11.